The van der Waals surface area contributed by atoms with E-state index in [9.17, 15) is 14.4 Å². The Hall–Kier alpha value is -5.37. The van der Waals surface area contributed by atoms with Gasteiger partial charge in [0.05, 0.1) is 7.11 Å². The molecule has 0 spiro atoms. The molecule has 206 valence electrons. The highest BCUT2D eigenvalue weighted by Gasteiger charge is 2.25. The summed E-state index contributed by atoms with van der Waals surface area (Å²) in [5.74, 6) is 0.159. The topological polar surface area (TPSA) is 104 Å². The zero-order valence-corrected chi connectivity index (χ0v) is 22.2. The van der Waals surface area contributed by atoms with Gasteiger partial charge in [-0.25, -0.2) is 14.4 Å². The lowest BCUT2D eigenvalue weighted by Gasteiger charge is -2.18. The average Bonchev–Trinajstić information content (AvgIpc) is 3.00. The second kappa shape index (κ2) is 12.7. The second-order valence-corrected chi connectivity index (χ2v) is 9.24. The molecule has 0 unspecified atom stereocenters. The molecule has 0 radical (unpaired) electrons. The van der Waals surface area contributed by atoms with E-state index in [-0.39, 0.29) is 24.4 Å². The molecule has 8 heteroatoms. The smallest absolute Gasteiger partial charge is 0.408 e. The lowest BCUT2D eigenvalue weighted by molar-refractivity contribution is -0.136. The van der Waals surface area contributed by atoms with Crippen LogP contribution in [0.1, 0.15) is 11.1 Å². The fourth-order valence-corrected chi connectivity index (χ4v) is 4.35. The molecule has 5 aromatic rings. The van der Waals surface area contributed by atoms with Crippen molar-refractivity contribution in [3.8, 4) is 22.6 Å². The SMILES string of the molecule is COc1ccc(-c2cc(=O)oc3cc(OC(=O)[C@@H](Cc4ccccc4)NC(=O)OCc4ccccc4)ccc23)cc1. The van der Waals surface area contributed by atoms with Gasteiger partial charge in [0.1, 0.15) is 29.7 Å². The summed E-state index contributed by atoms with van der Waals surface area (Å²) in [6.07, 6.45) is -0.565. The monoisotopic (exact) mass is 549 g/mol. The molecule has 1 atom stereocenters. The molecule has 41 heavy (non-hydrogen) atoms. The standard InChI is InChI=1S/C33H27NO7/c1-38-25-14-12-24(13-15-25)28-20-31(35)41-30-19-26(16-17-27(28)30)40-32(36)29(18-22-8-4-2-5-9-22)34-33(37)39-21-23-10-6-3-7-11-23/h2-17,19-20,29H,18,21H2,1H3,(H,34,37)/t29-/m1/s1. The molecule has 1 N–H and O–H groups in total. The van der Waals surface area contributed by atoms with Crippen LogP contribution in [0.5, 0.6) is 11.5 Å². The zero-order chi connectivity index (χ0) is 28.6. The van der Waals surface area contributed by atoms with Crippen molar-refractivity contribution in [3.63, 3.8) is 0 Å². The molecule has 1 aromatic heterocycles. The summed E-state index contributed by atoms with van der Waals surface area (Å²) in [5, 5.41) is 3.29. The molecule has 0 aliphatic rings. The van der Waals surface area contributed by atoms with Gasteiger partial charge in [-0.3, -0.25) is 0 Å². The Bertz CT molecular complexity index is 1700. The summed E-state index contributed by atoms with van der Waals surface area (Å²) >= 11 is 0. The number of benzene rings is 4. The van der Waals surface area contributed by atoms with Crippen molar-refractivity contribution in [3.05, 3.63) is 131 Å². The number of rotatable bonds is 9. The summed E-state index contributed by atoms with van der Waals surface area (Å²) < 4.78 is 21.6. The van der Waals surface area contributed by atoms with Crippen molar-refractivity contribution in [2.75, 3.05) is 7.11 Å². The fourth-order valence-electron chi connectivity index (χ4n) is 4.35. The third kappa shape index (κ3) is 6.99. The molecule has 8 nitrogen and oxygen atoms in total. The molecule has 0 saturated carbocycles. The van der Waals surface area contributed by atoms with E-state index in [2.05, 4.69) is 5.32 Å². The highest BCUT2D eigenvalue weighted by atomic mass is 16.6. The maximum atomic E-state index is 13.3. The summed E-state index contributed by atoms with van der Waals surface area (Å²) in [4.78, 5) is 38.3. The number of hydrogen-bond donors (Lipinski definition) is 1. The van der Waals surface area contributed by atoms with E-state index in [1.54, 1.807) is 31.4 Å². The minimum Gasteiger partial charge on any atom is -0.497 e. The first-order chi connectivity index (χ1) is 20.0. The summed E-state index contributed by atoms with van der Waals surface area (Å²) in [5.41, 5.74) is 2.82. The van der Waals surface area contributed by atoms with Crippen LogP contribution in [-0.2, 0) is 22.6 Å². The summed E-state index contributed by atoms with van der Waals surface area (Å²) in [6.45, 7) is 0.0556. The Morgan fingerprint density at radius 2 is 1.46 bits per heavy atom. The molecule has 4 aromatic carbocycles. The lowest BCUT2D eigenvalue weighted by atomic mass is 10.0. The van der Waals surface area contributed by atoms with Gasteiger partial charge in [0.15, 0.2) is 0 Å². The summed E-state index contributed by atoms with van der Waals surface area (Å²) in [6, 6.07) is 31.0. The van der Waals surface area contributed by atoms with Gasteiger partial charge < -0.3 is 23.9 Å². The highest BCUT2D eigenvalue weighted by molar-refractivity contribution is 5.94. The predicted octanol–water partition coefficient (Wildman–Crippen LogP) is 5.91. The van der Waals surface area contributed by atoms with E-state index >= 15 is 0 Å². The number of alkyl carbamates (subject to hydrolysis) is 1. The van der Waals surface area contributed by atoms with E-state index in [1.807, 2.05) is 72.8 Å². The van der Waals surface area contributed by atoms with E-state index in [4.69, 9.17) is 18.6 Å². The number of hydrogen-bond acceptors (Lipinski definition) is 7. The Labute approximate surface area is 236 Å². The van der Waals surface area contributed by atoms with E-state index in [0.717, 1.165) is 16.7 Å². The maximum Gasteiger partial charge on any atom is 0.408 e. The molecule has 0 fully saturated rings. The third-order valence-electron chi connectivity index (χ3n) is 6.41. The van der Waals surface area contributed by atoms with Gasteiger partial charge in [0, 0.05) is 23.9 Å². The summed E-state index contributed by atoms with van der Waals surface area (Å²) in [7, 11) is 1.58. The first-order valence-corrected chi connectivity index (χ1v) is 12.9. The van der Waals surface area contributed by atoms with Crippen molar-refractivity contribution >= 4 is 23.0 Å². The lowest BCUT2D eigenvalue weighted by Crippen LogP contribution is -2.44. The number of fused-ring (bicyclic) bond motifs is 1. The molecule has 0 bridgehead atoms. The van der Waals surface area contributed by atoms with Crippen molar-refractivity contribution in [1.82, 2.24) is 5.32 Å². The van der Waals surface area contributed by atoms with Crippen molar-refractivity contribution in [2.45, 2.75) is 19.1 Å². The normalized spacial score (nSPS) is 11.4. The highest BCUT2D eigenvalue weighted by Crippen LogP contribution is 2.31. The van der Waals surface area contributed by atoms with Gasteiger partial charge in [-0.2, -0.15) is 0 Å². The van der Waals surface area contributed by atoms with E-state index in [0.29, 0.717) is 16.7 Å². The maximum absolute atomic E-state index is 13.3. The van der Waals surface area contributed by atoms with Crippen molar-refractivity contribution in [1.29, 1.82) is 0 Å². The number of carbonyl (C=O) groups is 2. The number of nitrogens with one attached hydrogen (secondary N) is 1. The van der Waals surface area contributed by atoms with Gasteiger partial charge in [-0.15, -0.1) is 0 Å². The first-order valence-electron chi connectivity index (χ1n) is 12.9. The van der Waals surface area contributed by atoms with Gasteiger partial charge in [0.2, 0.25) is 0 Å². The van der Waals surface area contributed by atoms with Crippen LogP contribution in [0.25, 0.3) is 22.1 Å². The largest absolute Gasteiger partial charge is 0.497 e. The van der Waals surface area contributed by atoms with Crippen LogP contribution in [0.2, 0.25) is 0 Å². The van der Waals surface area contributed by atoms with E-state index < -0.39 is 23.7 Å². The quantitative estimate of drug-likeness (QED) is 0.138. The molecular formula is C33H27NO7. The Morgan fingerprint density at radius 1 is 0.805 bits per heavy atom. The molecule has 1 amide bonds. The van der Waals surface area contributed by atoms with Gasteiger partial charge in [-0.1, -0.05) is 72.8 Å². The van der Waals surface area contributed by atoms with Crippen molar-refractivity contribution in [2.24, 2.45) is 0 Å². The Kier molecular flexibility index (Phi) is 8.40. The van der Waals surface area contributed by atoms with Crippen LogP contribution in [-0.4, -0.2) is 25.2 Å². The number of amides is 1. The molecular weight excluding hydrogens is 522 g/mol. The predicted molar refractivity (Wildman–Crippen MR) is 154 cm³/mol. The van der Waals surface area contributed by atoms with Crippen LogP contribution in [0, 0.1) is 0 Å². The minimum atomic E-state index is -1.03. The number of esters is 1. The molecule has 0 aliphatic heterocycles. The number of methoxy groups -OCH3 is 1. The molecule has 5 rings (SSSR count). The number of carbonyl (C=O) groups excluding carboxylic acids is 2. The second-order valence-electron chi connectivity index (χ2n) is 9.24. The van der Waals surface area contributed by atoms with Crippen LogP contribution in [0.15, 0.2) is 118 Å². The Balaban J connectivity index is 1.35. The first kappa shape index (κ1) is 27.2. The zero-order valence-electron chi connectivity index (χ0n) is 22.2. The van der Waals surface area contributed by atoms with Crippen LogP contribution in [0.4, 0.5) is 4.79 Å². The number of ether oxygens (including phenoxy) is 3. The van der Waals surface area contributed by atoms with E-state index in [1.165, 1.54) is 12.1 Å². The Morgan fingerprint density at radius 3 is 2.15 bits per heavy atom. The molecule has 0 aliphatic carbocycles. The van der Waals surface area contributed by atoms with Gasteiger partial charge in [-0.05, 0) is 46.5 Å². The third-order valence-corrected chi connectivity index (χ3v) is 6.41. The fraction of sp³-hybridized carbons (Fsp3) is 0.121. The van der Waals surface area contributed by atoms with Gasteiger partial charge >= 0.3 is 17.7 Å². The molecule has 1 heterocycles. The van der Waals surface area contributed by atoms with Crippen molar-refractivity contribution < 1.29 is 28.2 Å². The van der Waals surface area contributed by atoms with Gasteiger partial charge in [0.25, 0.3) is 0 Å². The van der Waals surface area contributed by atoms with Crippen LogP contribution >= 0.6 is 0 Å². The van der Waals surface area contributed by atoms with Crippen LogP contribution in [0.3, 0.4) is 0 Å². The average molecular weight is 550 g/mol. The van der Waals surface area contributed by atoms with Crippen LogP contribution < -0.4 is 20.4 Å². The minimum absolute atomic E-state index is 0.0556. The molecule has 0 saturated heterocycles.